The molecule has 0 aromatic heterocycles. The zero-order chi connectivity index (χ0) is 10.6. The van der Waals surface area contributed by atoms with E-state index in [9.17, 15) is 4.79 Å². The maximum Gasteiger partial charge on any atom is 0.329 e. The Labute approximate surface area is 84.6 Å². The molecule has 0 aliphatic heterocycles. The minimum Gasteiger partial charge on any atom is -0.478 e. The lowest BCUT2D eigenvalue weighted by molar-refractivity contribution is -0.131. The monoisotopic (exact) mass is 198 g/mol. The minimum absolute atomic E-state index is 0.239. The summed E-state index contributed by atoms with van der Waals surface area (Å²) in [5.74, 6) is -0.912. The SMILES string of the molecule is CN(C)C1(CN/C=C/C(=O)O)CCC1. The second kappa shape index (κ2) is 4.46. The van der Waals surface area contributed by atoms with Crippen LogP contribution < -0.4 is 5.32 Å². The third-order valence-electron chi connectivity index (χ3n) is 3.01. The number of likely N-dealkylation sites (N-methyl/N-ethyl adjacent to an activating group) is 1. The smallest absolute Gasteiger partial charge is 0.329 e. The number of nitrogens with zero attached hydrogens (tertiary/aromatic N) is 1. The standard InChI is InChI=1S/C10H18N2O2/c1-12(2)10(5-3-6-10)8-11-7-4-9(13)14/h4,7,11H,3,5-6,8H2,1-2H3,(H,13,14)/b7-4+. The summed E-state index contributed by atoms with van der Waals surface area (Å²) in [4.78, 5) is 12.4. The maximum absolute atomic E-state index is 10.2. The predicted octanol–water partition coefficient (Wildman–Crippen LogP) is 0.659. The largest absolute Gasteiger partial charge is 0.478 e. The molecule has 1 aliphatic rings. The fourth-order valence-corrected chi connectivity index (χ4v) is 1.75. The summed E-state index contributed by atoms with van der Waals surface area (Å²) in [7, 11) is 4.14. The van der Waals surface area contributed by atoms with E-state index in [0.29, 0.717) is 0 Å². The molecule has 0 bridgehead atoms. The highest BCUT2D eigenvalue weighted by Crippen LogP contribution is 2.35. The van der Waals surface area contributed by atoms with Crippen molar-refractivity contribution in [2.24, 2.45) is 0 Å². The molecule has 1 rings (SSSR count). The number of nitrogens with one attached hydrogen (secondary N) is 1. The van der Waals surface area contributed by atoms with Gasteiger partial charge in [-0.15, -0.1) is 0 Å². The molecule has 4 heteroatoms. The first kappa shape index (κ1) is 11.0. The molecule has 1 aliphatic carbocycles. The van der Waals surface area contributed by atoms with Crippen molar-refractivity contribution in [2.75, 3.05) is 20.6 Å². The molecule has 1 saturated carbocycles. The summed E-state index contributed by atoms with van der Waals surface area (Å²) in [5.41, 5.74) is 0.239. The third-order valence-corrected chi connectivity index (χ3v) is 3.01. The number of hydrogen-bond donors (Lipinski definition) is 2. The highest BCUT2D eigenvalue weighted by Gasteiger charge is 2.38. The van der Waals surface area contributed by atoms with E-state index in [1.807, 2.05) is 0 Å². The van der Waals surface area contributed by atoms with Crippen molar-refractivity contribution < 1.29 is 9.90 Å². The van der Waals surface area contributed by atoms with Crippen molar-refractivity contribution in [3.05, 3.63) is 12.3 Å². The average molecular weight is 198 g/mol. The van der Waals surface area contributed by atoms with Gasteiger partial charge >= 0.3 is 5.97 Å². The Hall–Kier alpha value is -1.03. The Morgan fingerprint density at radius 3 is 2.57 bits per heavy atom. The second-order valence-electron chi connectivity index (χ2n) is 4.02. The van der Waals surface area contributed by atoms with Gasteiger partial charge in [-0.3, -0.25) is 0 Å². The molecule has 0 atom stereocenters. The molecule has 0 amide bonds. The molecule has 0 saturated heterocycles. The van der Waals surface area contributed by atoms with Crippen LogP contribution in [0.2, 0.25) is 0 Å². The number of aliphatic carboxylic acids is 1. The van der Waals surface area contributed by atoms with Gasteiger partial charge in [0.2, 0.25) is 0 Å². The molecular weight excluding hydrogens is 180 g/mol. The van der Waals surface area contributed by atoms with Crippen LogP contribution in [-0.2, 0) is 4.79 Å². The summed E-state index contributed by atoms with van der Waals surface area (Å²) in [6.45, 7) is 0.823. The van der Waals surface area contributed by atoms with Crippen LogP contribution in [0.15, 0.2) is 12.3 Å². The van der Waals surface area contributed by atoms with E-state index in [1.54, 1.807) is 0 Å². The first-order valence-electron chi connectivity index (χ1n) is 4.87. The summed E-state index contributed by atoms with van der Waals surface area (Å²) in [5, 5.41) is 11.4. The number of rotatable bonds is 5. The van der Waals surface area contributed by atoms with Crippen LogP contribution in [0.4, 0.5) is 0 Å². The van der Waals surface area contributed by atoms with Gasteiger partial charge in [0.25, 0.3) is 0 Å². The molecular formula is C10H18N2O2. The van der Waals surface area contributed by atoms with Crippen LogP contribution in [0.5, 0.6) is 0 Å². The minimum atomic E-state index is -0.912. The van der Waals surface area contributed by atoms with Crippen molar-refractivity contribution in [1.82, 2.24) is 10.2 Å². The average Bonchev–Trinajstić information content (AvgIpc) is 1.99. The summed E-state index contributed by atoms with van der Waals surface area (Å²) in [6.07, 6.45) is 6.28. The van der Waals surface area contributed by atoms with Crippen LogP contribution in [-0.4, -0.2) is 42.2 Å². The number of hydrogen-bond acceptors (Lipinski definition) is 3. The van der Waals surface area contributed by atoms with E-state index < -0.39 is 5.97 Å². The molecule has 0 aromatic carbocycles. The quantitative estimate of drug-likeness (QED) is 0.637. The van der Waals surface area contributed by atoms with Crippen LogP contribution in [0.25, 0.3) is 0 Å². The van der Waals surface area contributed by atoms with Gasteiger partial charge in [-0.2, -0.15) is 0 Å². The van der Waals surface area contributed by atoms with Crippen molar-refractivity contribution in [3.8, 4) is 0 Å². The van der Waals surface area contributed by atoms with Crippen molar-refractivity contribution in [1.29, 1.82) is 0 Å². The third kappa shape index (κ3) is 2.48. The van der Waals surface area contributed by atoms with E-state index in [0.717, 1.165) is 12.6 Å². The van der Waals surface area contributed by atoms with Crippen molar-refractivity contribution in [3.63, 3.8) is 0 Å². The first-order valence-corrected chi connectivity index (χ1v) is 4.87. The molecule has 0 heterocycles. The van der Waals surface area contributed by atoms with E-state index in [-0.39, 0.29) is 5.54 Å². The molecule has 2 N–H and O–H groups in total. The molecule has 4 nitrogen and oxygen atoms in total. The molecule has 0 aromatic rings. The van der Waals surface area contributed by atoms with E-state index >= 15 is 0 Å². The lowest BCUT2D eigenvalue weighted by Gasteiger charge is -2.47. The van der Waals surface area contributed by atoms with Gasteiger partial charge in [-0.1, -0.05) is 0 Å². The highest BCUT2D eigenvalue weighted by molar-refractivity contribution is 5.79. The Morgan fingerprint density at radius 1 is 1.57 bits per heavy atom. The first-order chi connectivity index (χ1) is 6.57. The molecule has 14 heavy (non-hydrogen) atoms. The number of carboxylic acids is 1. The topological polar surface area (TPSA) is 52.6 Å². The lowest BCUT2D eigenvalue weighted by atomic mass is 9.75. The fraction of sp³-hybridized carbons (Fsp3) is 0.700. The van der Waals surface area contributed by atoms with Gasteiger partial charge in [0, 0.05) is 24.4 Å². The van der Waals surface area contributed by atoms with Gasteiger partial charge in [-0.25, -0.2) is 4.79 Å². The molecule has 0 radical (unpaired) electrons. The Morgan fingerprint density at radius 2 is 2.21 bits per heavy atom. The van der Waals surface area contributed by atoms with Crippen LogP contribution in [0.1, 0.15) is 19.3 Å². The highest BCUT2D eigenvalue weighted by atomic mass is 16.4. The van der Waals surface area contributed by atoms with Gasteiger partial charge < -0.3 is 15.3 Å². The summed E-state index contributed by atoms with van der Waals surface area (Å²) >= 11 is 0. The van der Waals surface area contributed by atoms with Gasteiger partial charge in [-0.05, 0) is 33.4 Å². The molecule has 80 valence electrons. The molecule has 0 unspecified atom stereocenters. The zero-order valence-electron chi connectivity index (χ0n) is 8.79. The van der Waals surface area contributed by atoms with Crippen LogP contribution in [0.3, 0.4) is 0 Å². The van der Waals surface area contributed by atoms with Crippen LogP contribution >= 0.6 is 0 Å². The normalized spacial score (nSPS) is 19.6. The fourth-order valence-electron chi connectivity index (χ4n) is 1.75. The van der Waals surface area contributed by atoms with Crippen molar-refractivity contribution in [2.45, 2.75) is 24.8 Å². The summed E-state index contributed by atoms with van der Waals surface area (Å²) < 4.78 is 0. The van der Waals surface area contributed by atoms with E-state index in [2.05, 4.69) is 24.3 Å². The zero-order valence-corrected chi connectivity index (χ0v) is 8.79. The van der Waals surface area contributed by atoms with E-state index in [1.165, 1.54) is 25.5 Å². The number of carboxylic acid groups (broad SMARTS) is 1. The lowest BCUT2D eigenvalue weighted by Crippen LogP contribution is -2.55. The van der Waals surface area contributed by atoms with Gasteiger partial charge in [0.05, 0.1) is 0 Å². The Kier molecular flexibility index (Phi) is 3.52. The van der Waals surface area contributed by atoms with Crippen molar-refractivity contribution >= 4 is 5.97 Å². The predicted molar refractivity (Wildman–Crippen MR) is 55.0 cm³/mol. The van der Waals surface area contributed by atoms with Gasteiger partial charge in [0.1, 0.15) is 0 Å². The number of carbonyl (C=O) groups is 1. The Balaban J connectivity index is 2.32. The summed E-state index contributed by atoms with van der Waals surface area (Å²) in [6, 6.07) is 0. The molecule has 0 spiro atoms. The Bertz CT molecular complexity index is 232. The van der Waals surface area contributed by atoms with Crippen LogP contribution in [0, 0.1) is 0 Å². The maximum atomic E-state index is 10.2. The second-order valence-corrected chi connectivity index (χ2v) is 4.02. The molecule has 1 fully saturated rings. The van der Waals surface area contributed by atoms with Gasteiger partial charge in [0.15, 0.2) is 0 Å². The van der Waals surface area contributed by atoms with E-state index in [4.69, 9.17) is 5.11 Å².